The highest BCUT2D eigenvalue weighted by Gasteiger charge is 2.15. The molecule has 1 aromatic heterocycles. The van der Waals surface area contributed by atoms with E-state index in [1.807, 2.05) is 0 Å². The van der Waals surface area contributed by atoms with Crippen molar-refractivity contribution in [2.45, 2.75) is 32.8 Å². The largest absolute Gasteiger partial charge is 0.375 e. The van der Waals surface area contributed by atoms with Gasteiger partial charge in [-0.3, -0.25) is 0 Å². The fourth-order valence-electron chi connectivity index (χ4n) is 1.90. The van der Waals surface area contributed by atoms with E-state index in [2.05, 4.69) is 29.5 Å². The van der Waals surface area contributed by atoms with Crippen LogP contribution in [-0.2, 0) is 17.6 Å². The van der Waals surface area contributed by atoms with Crippen LogP contribution in [0.4, 0.5) is 0 Å². The van der Waals surface area contributed by atoms with Gasteiger partial charge in [-0.05, 0) is 12.3 Å². The molecule has 1 aliphatic rings. The summed E-state index contributed by atoms with van der Waals surface area (Å²) in [6.07, 6.45) is 2.35. The standard InChI is InChI=1S/C12H20N2OS/c1-9(2)5-10-8-16-12(14-10)6-11-7-13-3-4-15-11/h8-9,11,13H,3-7H2,1-2H3. The number of nitrogens with one attached hydrogen (secondary N) is 1. The Balaban J connectivity index is 1.86. The third-order valence-corrected chi connectivity index (χ3v) is 3.54. The average molecular weight is 240 g/mol. The smallest absolute Gasteiger partial charge is 0.0954 e. The predicted molar refractivity (Wildman–Crippen MR) is 67.0 cm³/mol. The number of aromatic nitrogens is 1. The van der Waals surface area contributed by atoms with E-state index >= 15 is 0 Å². The second-order valence-electron chi connectivity index (χ2n) is 4.73. The molecule has 3 nitrogen and oxygen atoms in total. The number of hydrogen-bond acceptors (Lipinski definition) is 4. The Morgan fingerprint density at radius 2 is 2.50 bits per heavy atom. The molecule has 1 unspecified atom stereocenters. The molecule has 1 N–H and O–H groups in total. The number of ether oxygens (including phenoxy) is 1. The van der Waals surface area contributed by atoms with Gasteiger partial charge in [0, 0.05) is 24.9 Å². The summed E-state index contributed by atoms with van der Waals surface area (Å²) in [4.78, 5) is 4.66. The highest BCUT2D eigenvalue weighted by atomic mass is 32.1. The van der Waals surface area contributed by atoms with Crippen molar-refractivity contribution in [3.05, 3.63) is 16.1 Å². The molecular formula is C12H20N2OS. The van der Waals surface area contributed by atoms with Gasteiger partial charge in [0.25, 0.3) is 0 Å². The van der Waals surface area contributed by atoms with Crippen molar-refractivity contribution >= 4 is 11.3 Å². The quantitative estimate of drug-likeness (QED) is 0.872. The van der Waals surface area contributed by atoms with Crippen molar-refractivity contribution in [3.63, 3.8) is 0 Å². The van der Waals surface area contributed by atoms with Crippen LogP contribution in [0, 0.1) is 5.92 Å². The van der Waals surface area contributed by atoms with Gasteiger partial charge in [0.1, 0.15) is 0 Å². The number of morpholine rings is 1. The second-order valence-corrected chi connectivity index (χ2v) is 5.67. The van der Waals surface area contributed by atoms with Crippen molar-refractivity contribution in [1.29, 1.82) is 0 Å². The highest BCUT2D eigenvalue weighted by Crippen LogP contribution is 2.16. The molecule has 1 atom stereocenters. The van der Waals surface area contributed by atoms with Crippen molar-refractivity contribution in [2.75, 3.05) is 19.7 Å². The van der Waals surface area contributed by atoms with E-state index in [0.29, 0.717) is 12.0 Å². The van der Waals surface area contributed by atoms with Crippen LogP contribution in [0.25, 0.3) is 0 Å². The molecule has 90 valence electrons. The van der Waals surface area contributed by atoms with E-state index in [1.165, 1.54) is 10.7 Å². The van der Waals surface area contributed by atoms with Gasteiger partial charge in [0.15, 0.2) is 0 Å². The van der Waals surface area contributed by atoms with Crippen LogP contribution in [0.3, 0.4) is 0 Å². The highest BCUT2D eigenvalue weighted by molar-refractivity contribution is 7.09. The minimum atomic E-state index is 0.312. The summed E-state index contributed by atoms with van der Waals surface area (Å²) in [7, 11) is 0. The summed E-state index contributed by atoms with van der Waals surface area (Å²) in [6.45, 7) is 7.22. The lowest BCUT2D eigenvalue weighted by molar-refractivity contribution is 0.0292. The number of rotatable bonds is 4. The fourth-order valence-corrected chi connectivity index (χ4v) is 2.77. The lowest BCUT2D eigenvalue weighted by Crippen LogP contribution is -2.39. The van der Waals surface area contributed by atoms with Crippen LogP contribution in [0.5, 0.6) is 0 Å². The Hall–Kier alpha value is -0.450. The van der Waals surface area contributed by atoms with E-state index in [1.54, 1.807) is 11.3 Å². The fraction of sp³-hybridized carbons (Fsp3) is 0.750. The van der Waals surface area contributed by atoms with E-state index in [4.69, 9.17) is 4.74 Å². The molecule has 1 aliphatic heterocycles. The third kappa shape index (κ3) is 3.54. The van der Waals surface area contributed by atoms with Gasteiger partial charge in [0.2, 0.25) is 0 Å². The van der Waals surface area contributed by atoms with Crippen molar-refractivity contribution in [2.24, 2.45) is 5.92 Å². The zero-order chi connectivity index (χ0) is 11.4. The monoisotopic (exact) mass is 240 g/mol. The van der Waals surface area contributed by atoms with E-state index < -0.39 is 0 Å². The van der Waals surface area contributed by atoms with Gasteiger partial charge in [-0.15, -0.1) is 11.3 Å². The average Bonchev–Trinajstić information content (AvgIpc) is 2.66. The first-order valence-corrected chi connectivity index (χ1v) is 6.87. The van der Waals surface area contributed by atoms with Crippen LogP contribution < -0.4 is 5.32 Å². The minimum absolute atomic E-state index is 0.312. The molecule has 2 rings (SSSR count). The van der Waals surface area contributed by atoms with Crippen LogP contribution in [0.2, 0.25) is 0 Å². The van der Waals surface area contributed by atoms with Gasteiger partial charge in [-0.2, -0.15) is 0 Å². The maximum atomic E-state index is 5.68. The first-order valence-electron chi connectivity index (χ1n) is 5.99. The molecule has 1 fully saturated rings. The summed E-state index contributed by atoms with van der Waals surface area (Å²) in [5.41, 5.74) is 1.23. The molecule has 0 aromatic carbocycles. The third-order valence-electron chi connectivity index (χ3n) is 2.62. The van der Waals surface area contributed by atoms with Gasteiger partial charge in [-0.1, -0.05) is 13.8 Å². The van der Waals surface area contributed by atoms with Crippen LogP contribution >= 0.6 is 11.3 Å². The summed E-state index contributed by atoms with van der Waals surface area (Å²) >= 11 is 1.77. The first-order chi connectivity index (χ1) is 7.74. The SMILES string of the molecule is CC(C)Cc1csc(CC2CNCCO2)n1. The summed E-state index contributed by atoms with van der Waals surface area (Å²) < 4.78 is 5.68. The lowest BCUT2D eigenvalue weighted by atomic mass is 10.1. The van der Waals surface area contributed by atoms with E-state index in [-0.39, 0.29) is 0 Å². The maximum absolute atomic E-state index is 5.68. The summed E-state index contributed by atoms with van der Waals surface area (Å²) in [5, 5.41) is 6.74. The van der Waals surface area contributed by atoms with Gasteiger partial charge < -0.3 is 10.1 Å². The molecule has 0 saturated carbocycles. The van der Waals surface area contributed by atoms with Gasteiger partial charge in [-0.25, -0.2) is 4.98 Å². The molecule has 1 saturated heterocycles. The Morgan fingerprint density at radius 1 is 1.62 bits per heavy atom. The van der Waals surface area contributed by atoms with Crippen molar-refractivity contribution in [1.82, 2.24) is 10.3 Å². The molecule has 4 heteroatoms. The number of hydrogen-bond donors (Lipinski definition) is 1. The van der Waals surface area contributed by atoms with Crippen LogP contribution in [0.15, 0.2) is 5.38 Å². The van der Waals surface area contributed by atoms with Crippen molar-refractivity contribution in [3.8, 4) is 0 Å². The Morgan fingerprint density at radius 3 is 3.19 bits per heavy atom. The molecule has 0 aliphatic carbocycles. The number of nitrogens with zero attached hydrogens (tertiary/aromatic N) is 1. The summed E-state index contributed by atoms with van der Waals surface area (Å²) in [5.74, 6) is 0.683. The summed E-state index contributed by atoms with van der Waals surface area (Å²) in [6, 6.07) is 0. The van der Waals surface area contributed by atoms with Crippen molar-refractivity contribution < 1.29 is 4.74 Å². The zero-order valence-electron chi connectivity index (χ0n) is 10.0. The second kappa shape index (κ2) is 5.75. The molecule has 0 radical (unpaired) electrons. The normalized spacial score (nSPS) is 21.6. The molecule has 16 heavy (non-hydrogen) atoms. The van der Waals surface area contributed by atoms with E-state index in [0.717, 1.165) is 32.5 Å². The van der Waals surface area contributed by atoms with Crippen LogP contribution in [-0.4, -0.2) is 30.8 Å². The molecule has 0 amide bonds. The molecule has 1 aromatic rings. The molecule has 2 heterocycles. The Labute approximate surface area is 101 Å². The molecule has 0 bridgehead atoms. The predicted octanol–water partition coefficient (Wildman–Crippen LogP) is 1.87. The maximum Gasteiger partial charge on any atom is 0.0954 e. The van der Waals surface area contributed by atoms with Gasteiger partial charge >= 0.3 is 0 Å². The Kier molecular flexibility index (Phi) is 4.32. The van der Waals surface area contributed by atoms with Gasteiger partial charge in [0.05, 0.1) is 23.4 Å². The Bertz CT molecular complexity index is 319. The lowest BCUT2D eigenvalue weighted by Gasteiger charge is -2.22. The molecule has 0 spiro atoms. The first kappa shape index (κ1) is 12.0. The molecular weight excluding hydrogens is 220 g/mol. The van der Waals surface area contributed by atoms with E-state index in [9.17, 15) is 0 Å². The zero-order valence-corrected chi connectivity index (χ0v) is 10.8. The minimum Gasteiger partial charge on any atom is -0.375 e. The van der Waals surface area contributed by atoms with Crippen LogP contribution in [0.1, 0.15) is 24.5 Å². The topological polar surface area (TPSA) is 34.1 Å². The number of thiazole rings is 1.